The predicted octanol–water partition coefficient (Wildman–Crippen LogP) is 4.60. The van der Waals surface area contributed by atoms with Crippen LogP contribution in [-0.4, -0.2) is 18.0 Å². The second-order valence-corrected chi connectivity index (χ2v) is 7.18. The van der Waals surface area contributed by atoms with E-state index in [9.17, 15) is 18.4 Å². The number of carbonyl (C=O) groups is 2. The van der Waals surface area contributed by atoms with Crippen molar-refractivity contribution in [3.05, 3.63) is 70.6 Å². The number of amides is 1. The smallest absolute Gasteiger partial charge is 0.349 e. The maximum Gasteiger partial charge on any atom is 0.349 e. The van der Waals surface area contributed by atoms with Gasteiger partial charge in [0.15, 0.2) is 6.10 Å². The first-order valence-corrected chi connectivity index (χ1v) is 9.11. The van der Waals surface area contributed by atoms with Crippen molar-refractivity contribution in [1.82, 2.24) is 5.32 Å². The lowest BCUT2D eigenvalue weighted by molar-refractivity contribution is -0.129. The summed E-state index contributed by atoms with van der Waals surface area (Å²) >= 11 is 1.10. The molecule has 0 aliphatic rings. The molecule has 0 aliphatic carbocycles. The third-order valence-electron chi connectivity index (χ3n) is 4.09. The minimum atomic E-state index is -1.03. The molecule has 0 spiro atoms. The summed E-state index contributed by atoms with van der Waals surface area (Å²) in [6.07, 6.45) is -1.03. The van der Waals surface area contributed by atoms with Crippen molar-refractivity contribution >= 4 is 33.3 Å². The van der Waals surface area contributed by atoms with Crippen molar-refractivity contribution in [2.24, 2.45) is 0 Å². The molecule has 1 aromatic heterocycles. The van der Waals surface area contributed by atoms with Crippen molar-refractivity contribution in [1.29, 1.82) is 0 Å². The number of halogens is 2. The first-order chi connectivity index (χ1) is 12.8. The van der Waals surface area contributed by atoms with Crippen molar-refractivity contribution < 1.29 is 23.1 Å². The SMILES string of the molecule is C[C@@H](OC(=O)c1cc2c(F)cccc2s1)C(=O)N[C@H](C)c1ccc(F)cc1. The normalized spacial score (nSPS) is 13.2. The Bertz CT molecular complexity index is 985. The molecule has 1 N–H and O–H groups in total. The Balaban J connectivity index is 1.63. The molecular weight excluding hydrogens is 372 g/mol. The van der Waals surface area contributed by atoms with Crippen LogP contribution in [0.15, 0.2) is 48.5 Å². The molecule has 7 heteroatoms. The lowest BCUT2D eigenvalue weighted by Crippen LogP contribution is -2.37. The van der Waals surface area contributed by atoms with Gasteiger partial charge in [0, 0.05) is 10.1 Å². The first-order valence-electron chi connectivity index (χ1n) is 8.30. The molecule has 3 aromatic rings. The summed E-state index contributed by atoms with van der Waals surface area (Å²) in [5, 5.41) is 3.06. The molecule has 2 aromatic carbocycles. The van der Waals surface area contributed by atoms with E-state index >= 15 is 0 Å². The molecule has 0 saturated carbocycles. The van der Waals surface area contributed by atoms with Crippen molar-refractivity contribution in [2.45, 2.75) is 26.0 Å². The third kappa shape index (κ3) is 4.31. The molecule has 140 valence electrons. The maximum atomic E-state index is 13.8. The van der Waals surface area contributed by atoms with Gasteiger partial charge < -0.3 is 10.1 Å². The van der Waals surface area contributed by atoms with Crippen LogP contribution in [0.1, 0.15) is 35.1 Å². The van der Waals surface area contributed by atoms with E-state index < -0.39 is 23.8 Å². The van der Waals surface area contributed by atoms with E-state index in [0.29, 0.717) is 10.1 Å². The van der Waals surface area contributed by atoms with Crippen LogP contribution in [0.4, 0.5) is 8.78 Å². The van der Waals surface area contributed by atoms with Gasteiger partial charge in [-0.2, -0.15) is 0 Å². The van der Waals surface area contributed by atoms with E-state index in [1.54, 1.807) is 31.2 Å². The zero-order valence-electron chi connectivity index (χ0n) is 14.7. The fraction of sp³-hybridized carbons (Fsp3) is 0.200. The summed E-state index contributed by atoms with van der Waals surface area (Å²) < 4.78 is 32.6. The number of carbonyl (C=O) groups excluding carboxylic acids is 2. The number of rotatable bonds is 5. The zero-order valence-corrected chi connectivity index (χ0v) is 15.5. The summed E-state index contributed by atoms with van der Waals surface area (Å²) in [6, 6.07) is 11.4. The molecule has 0 fully saturated rings. The Morgan fingerprint density at radius 3 is 2.44 bits per heavy atom. The second kappa shape index (κ2) is 7.84. The molecule has 0 saturated heterocycles. The Labute approximate surface area is 158 Å². The highest BCUT2D eigenvalue weighted by molar-refractivity contribution is 7.20. The number of hydrogen-bond donors (Lipinski definition) is 1. The molecule has 27 heavy (non-hydrogen) atoms. The van der Waals surface area contributed by atoms with Crippen LogP contribution < -0.4 is 5.32 Å². The van der Waals surface area contributed by atoms with Crippen LogP contribution in [0.5, 0.6) is 0 Å². The average Bonchev–Trinajstić information content (AvgIpc) is 3.08. The van der Waals surface area contributed by atoms with Gasteiger partial charge in [-0.25, -0.2) is 13.6 Å². The van der Waals surface area contributed by atoms with Crippen molar-refractivity contribution in [3.63, 3.8) is 0 Å². The van der Waals surface area contributed by atoms with Gasteiger partial charge in [0.25, 0.3) is 5.91 Å². The van der Waals surface area contributed by atoms with Crippen LogP contribution in [-0.2, 0) is 9.53 Å². The molecule has 0 unspecified atom stereocenters. The number of esters is 1. The van der Waals surface area contributed by atoms with Gasteiger partial charge in [-0.05, 0) is 49.7 Å². The van der Waals surface area contributed by atoms with Gasteiger partial charge in [0.1, 0.15) is 16.5 Å². The van der Waals surface area contributed by atoms with Gasteiger partial charge >= 0.3 is 5.97 Å². The molecule has 1 heterocycles. The summed E-state index contributed by atoms with van der Waals surface area (Å²) in [7, 11) is 0. The van der Waals surface area contributed by atoms with E-state index in [-0.39, 0.29) is 16.7 Å². The predicted molar refractivity (Wildman–Crippen MR) is 99.6 cm³/mol. The van der Waals surface area contributed by atoms with E-state index in [0.717, 1.165) is 16.9 Å². The number of hydrogen-bond acceptors (Lipinski definition) is 4. The summed E-state index contributed by atoms with van der Waals surface area (Å²) in [4.78, 5) is 24.8. The van der Waals surface area contributed by atoms with Crippen LogP contribution in [0.3, 0.4) is 0 Å². The maximum absolute atomic E-state index is 13.8. The highest BCUT2D eigenvalue weighted by Gasteiger charge is 2.22. The number of fused-ring (bicyclic) bond motifs is 1. The van der Waals surface area contributed by atoms with Crippen LogP contribution in [0.25, 0.3) is 10.1 Å². The number of nitrogens with one attached hydrogen (secondary N) is 1. The number of benzene rings is 2. The van der Waals surface area contributed by atoms with E-state index in [1.165, 1.54) is 31.2 Å². The van der Waals surface area contributed by atoms with Gasteiger partial charge in [-0.15, -0.1) is 11.3 Å². The topological polar surface area (TPSA) is 55.4 Å². The molecule has 0 aliphatic heterocycles. The summed E-state index contributed by atoms with van der Waals surface area (Å²) in [6.45, 7) is 3.20. The standard InChI is InChI=1S/C20H17F2NO3S/c1-11(13-6-8-14(21)9-7-13)23-19(24)12(2)26-20(25)18-10-15-16(22)4-3-5-17(15)27-18/h3-12H,1-2H3,(H,23,24)/t11-,12-/m1/s1. The lowest BCUT2D eigenvalue weighted by Gasteiger charge is -2.18. The van der Waals surface area contributed by atoms with E-state index in [4.69, 9.17) is 4.74 Å². The largest absolute Gasteiger partial charge is 0.448 e. The van der Waals surface area contributed by atoms with Crippen LogP contribution >= 0.6 is 11.3 Å². The third-order valence-corrected chi connectivity index (χ3v) is 5.17. The minimum absolute atomic E-state index is 0.223. The lowest BCUT2D eigenvalue weighted by atomic mass is 10.1. The molecule has 0 radical (unpaired) electrons. The molecular formula is C20H17F2NO3S. The van der Waals surface area contributed by atoms with Gasteiger partial charge in [-0.3, -0.25) is 4.79 Å². The second-order valence-electron chi connectivity index (χ2n) is 6.09. The van der Waals surface area contributed by atoms with Crippen molar-refractivity contribution in [2.75, 3.05) is 0 Å². The van der Waals surface area contributed by atoms with Crippen LogP contribution in [0, 0.1) is 11.6 Å². The Hall–Kier alpha value is -2.80. The summed E-state index contributed by atoms with van der Waals surface area (Å²) in [5.74, 6) is -1.94. The Morgan fingerprint density at radius 1 is 1.07 bits per heavy atom. The van der Waals surface area contributed by atoms with E-state index in [2.05, 4.69) is 5.32 Å². The number of ether oxygens (including phenoxy) is 1. The number of thiophene rings is 1. The highest BCUT2D eigenvalue weighted by atomic mass is 32.1. The Morgan fingerprint density at radius 2 is 1.78 bits per heavy atom. The monoisotopic (exact) mass is 389 g/mol. The summed E-state index contributed by atoms with van der Waals surface area (Å²) in [5.41, 5.74) is 0.725. The highest BCUT2D eigenvalue weighted by Crippen LogP contribution is 2.28. The minimum Gasteiger partial charge on any atom is -0.448 e. The molecule has 3 rings (SSSR count). The van der Waals surface area contributed by atoms with E-state index in [1.807, 2.05) is 0 Å². The zero-order chi connectivity index (χ0) is 19.6. The van der Waals surface area contributed by atoms with Crippen molar-refractivity contribution in [3.8, 4) is 0 Å². The molecule has 4 nitrogen and oxygen atoms in total. The molecule has 0 bridgehead atoms. The molecule has 2 atom stereocenters. The fourth-order valence-corrected chi connectivity index (χ4v) is 3.52. The van der Waals surface area contributed by atoms with Crippen LogP contribution in [0.2, 0.25) is 0 Å². The fourth-order valence-electron chi connectivity index (χ4n) is 2.56. The average molecular weight is 389 g/mol. The Kier molecular flexibility index (Phi) is 5.51. The van der Waals surface area contributed by atoms with Gasteiger partial charge in [-0.1, -0.05) is 18.2 Å². The molecule has 1 amide bonds. The first kappa shape index (κ1) is 19.0. The van der Waals surface area contributed by atoms with Gasteiger partial charge in [0.05, 0.1) is 6.04 Å². The quantitative estimate of drug-likeness (QED) is 0.649. The van der Waals surface area contributed by atoms with Gasteiger partial charge in [0.2, 0.25) is 0 Å².